The summed E-state index contributed by atoms with van der Waals surface area (Å²) in [5.41, 5.74) is 0.159. The molecule has 1 aliphatic carbocycles. The van der Waals surface area contributed by atoms with Crippen molar-refractivity contribution in [3.63, 3.8) is 0 Å². The van der Waals surface area contributed by atoms with Crippen molar-refractivity contribution in [1.82, 2.24) is 4.90 Å². The molecule has 1 saturated heterocycles. The van der Waals surface area contributed by atoms with Gasteiger partial charge >= 0.3 is 0 Å². The Bertz CT molecular complexity index is 513. The number of hydrogen-bond acceptors (Lipinski definition) is 3. The predicted octanol–water partition coefficient (Wildman–Crippen LogP) is 2.46. The van der Waals surface area contributed by atoms with Crippen molar-refractivity contribution < 1.29 is 14.6 Å². The van der Waals surface area contributed by atoms with Gasteiger partial charge in [-0.1, -0.05) is 12.8 Å². The van der Waals surface area contributed by atoms with Crippen molar-refractivity contribution in [3.05, 3.63) is 29.8 Å². The average molecular weight is 289 g/mol. The molecule has 1 amide bonds. The third-order valence-corrected chi connectivity index (χ3v) is 5.05. The first-order valence-corrected chi connectivity index (χ1v) is 7.78. The van der Waals surface area contributed by atoms with Crippen LogP contribution in [-0.4, -0.2) is 41.7 Å². The summed E-state index contributed by atoms with van der Waals surface area (Å²) in [5, 5.41) is 10.7. The first kappa shape index (κ1) is 14.4. The lowest BCUT2D eigenvalue weighted by molar-refractivity contribution is -0.0886. The molecule has 0 bridgehead atoms. The van der Waals surface area contributed by atoms with Gasteiger partial charge < -0.3 is 14.7 Å². The molecule has 0 spiro atoms. The highest BCUT2D eigenvalue weighted by Gasteiger charge is 2.43. The quantitative estimate of drug-likeness (QED) is 0.910. The normalized spacial score (nSPS) is 28.9. The summed E-state index contributed by atoms with van der Waals surface area (Å²) in [4.78, 5) is 14.5. The van der Waals surface area contributed by atoms with Crippen molar-refractivity contribution in [2.45, 2.75) is 37.7 Å². The lowest BCUT2D eigenvalue weighted by atomic mass is 9.71. The summed E-state index contributed by atoms with van der Waals surface area (Å²) in [6.07, 6.45) is 4.90. The van der Waals surface area contributed by atoms with Gasteiger partial charge in [0.2, 0.25) is 0 Å². The highest BCUT2D eigenvalue weighted by Crippen LogP contribution is 2.40. The fraction of sp³-hybridized carbons (Fsp3) is 0.588. The van der Waals surface area contributed by atoms with E-state index in [-0.39, 0.29) is 11.8 Å². The molecule has 2 atom stereocenters. The maximum atomic E-state index is 12.6. The minimum Gasteiger partial charge on any atom is -0.497 e. The number of nitrogens with zero attached hydrogens (tertiary/aromatic N) is 1. The van der Waals surface area contributed by atoms with E-state index in [2.05, 4.69) is 0 Å². The van der Waals surface area contributed by atoms with Crippen LogP contribution in [0.2, 0.25) is 0 Å². The largest absolute Gasteiger partial charge is 0.497 e. The molecule has 0 radical (unpaired) electrons. The summed E-state index contributed by atoms with van der Waals surface area (Å²) >= 11 is 0. The van der Waals surface area contributed by atoms with E-state index < -0.39 is 5.60 Å². The summed E-state index contributed by atoms with van der Waals surface area (Å²) in [5.74, 6) is 1.05. The SMILES string of the molecule is COc1ccc(C(=O)N2CC[C@@]3(O)CCCC[C@H]3C2)cc1. The van der Waals surface area contributed by atoms with Crippen LogP contribution in [-0.2, 0) is 0 Å². The summed E-state index contributed by atoms with van der Waals surface area (Å²) < 4.78 is 5.12. The Morgan fingerprint density at radius 1 is 1.29 bits per heavy atom. The van der Waals surface area contributed by atoms with Gasteiger partial charge in [0, 0.05) is 24.6 Å². The highest BCUT2D eigenvalue weighted by molar-refractivity contribution is 5.94. The molecular formula is C17H23NO3. The second kappa shape index (κ2) is 5.68. The van der Waals surface area contributed by atoms with Crippen LogP contribution in [0.25, 0.3) is 0 Å². The molecule has 1 aromatic carbocycles. The molecular weight excluding hydrogens is 266 g/mol. The van der Waals surface area contributed by atoms with Gasteiger partial charge in [-0.2, -0.15) is 0 Å². The van der Waals surface area contributed by atoms with E-state index in [9.17, 15) is 9.90 Å². The van der Waals surface area contributed by atoms with Gasteiger partial charge in [-0.25, -0.2) is 0 Å². The van der Waals surface area contributed by atoms with Gasteiger partial charge in [-0.15, -0.1) is 0 Å². The molecule has 1 aliphatic heterocycles. The van der Waals surface area contributed by atoms with Gasteiger partial charge in [-0.3, -0.25) is 4.79 Å². The molecule has 3 rings (SSSR count). The van der Waals surface area contributed by atoms with Crippen LogP contribution in [0.4, 0.5) is 0 Å². The van der Waals surface area contributed by atoms with E-state index in [1.807, 2.05) is 29.2 Å². The number of piperidine rings is 1. The molecule has 1 aromatic rings. The molecule has 4 nitrogen and oxygen atoms in total. The molecule has 0 aromatic heterocycles. The van der Waals surface area contributed by atoms with Crippen molar-refractivity contribution in [2.75, 3.05) is 20.2 Å². The van der Waals surface area contributed by atoms with Gasteiger partial charge in [0.1, 0.15) is 5.75 Å². The van der Waals surface area contributed by atoms with Crippen LogP contribution in [0.3, 0.4) is 0 Å². The van der Waals surface area contributed by atoms with Gasteiger partial charge in [0.25, 0.3) is 5.91 Å². The van der Waals surface area contributed by atoms with Crippen LogP contribution >= 0.6 is 0 Å². The Kier molecular flexibility index (Phi) is 3.89. The standard InChI is InChI=1S/C17H23NO3/c1-21-15-7-5-13(6-8-15)16(19)18-11-10-17(20)9-3-2-4-14(17)12-18/h5-8,14,20H,2-4,9-12H2,1H3/t14-,17-/m0/s1. The third kappa shape index (κ3) is 2.77. The number of benzene rings is 1. The van der Waals surface area contributed by atoms with Gasteiger partial charge in [-0.05, 0) is 43.5 Å². The Morgan fingerprint density at radius 2 is 2.05 bits per heavy atom. The van der Waals surface area contributed by atoms with Crippen LogP contribution in [0, 0.1) is 5.92 Å². The number of methoxy groups -OCH3 is 1. The van der Waals surface area contributed by atoms with E-state index in [0.29, 0.717) is 25.1 Å². The number of fused-ring (bicyclic) bond motifs is 1. The molecule has 1 N–H and O–H groups in total. The van der Waals surface area contributed by atoms with Crippen molar-refractivity contribution in [2.24, 2.45) is 5.92 Å². The van der Waals surface area contributed by atoms with E-state index in [1.54, 1.807) is 7.11 Å². The van der Waals surface area contributed by atoms with Gasteiger partial charge in [0.15, 0.2) is 0 Å². The molecule has 2 aliphatic rings. The van der Waals surface area contributed by atoms with E-state index in [0.717, 1.165) is 31.4 Å². The summed E-state index contributed by atoms with van der Waals surface area (Å²) in [7, 11) is 1.62. The van der Waals surface area contributed by atoms with E-state index >= 15 is 0 Å². The highest BCUT2D eigenvalue weighted by atomic mass is 16.5. The van der Waals surface area contributed by atoms with E-state index in [4.69, 9.17) is 4.74 Å². The second-order valence-electron chi connectivity index (χ2n) is 6.28. The van der Waals surface area contributed by atoms with Crippen LogP contribution < -0.4 is 4.74 Å². The minimum absolute atomic E-state index is 0.0604. The van der Waals surface area contributed by atoms with Crippen molar-refractivity contribution >= 4 is 5.91 Å². The monoisotopic (exact) mass is 289 g/mol. The van der Waals surface area contributed by atoms with Crippen LogP contribution in [0.1, 0.15) is 42.5 Å². The van der Waals surface area contributed by atoms with Crippen molar-refractivity contribution in [1.29, 1.82) is 0 Å². The first-order chi connectivity index (χ1) is 10.1. The number of hydrogen-bond donors (Lipinski definition) is 1. The molecule has 21 heavy (non-hydrogen) atoms. The molecule has 2 fully saturated rings. The third-order valence-electron chi connectivity index (χ3n) is 5.05. The maximum absolute atomic E-state index is 12.6. The molecule has 114 valence electrons. The fourth-order valence-electron chi connectivity index (χ4n) is 3.67. The van der Waals surface area contributed by atoms with E-state index in [1.165, 1.54) is 0 Å². The van der Waals surface area contributed by atoms with Crippen LogP contribution in [0.5, 0.6) is 5.75 Å². The second-order valence-corrected chi connectivity index (χ2v) is 6.28. The zero-order valence-electron chi connectivity index (χ0n) is 12.5. The molecule has 4 heteroatoms. The number of amides is 1. The zero-order valence-corrected chi connectivity index (χ0v) is 12.5. The Labute approximate surface area is 125 Å². The number of carbonyl (C=O) groups is 1. The smallest absolute Gasteiger partial charge is 0.253 e. The average Bonchev–Trinajstić information content (AvgIpc) is 2.53. The minimum atomic E-state index is -0.533. The Balaban J connectivity index is 1.70. The Morgan fingerprint density at radius 3 is 2.76 bits per heavy atom. The topological polar surface area (TPSA) is 49.8 Å². The number of rotatable bonds is 2. The number of aliphatic hydroxyl groups is 1. The zero-order chi connectivity index (χ0) is 14.9. The molecule has 1 heterocycles. The fourth-order valence-corrected chi connectivity index (χ4v) is 3.67. The molecule has 0 unspecified atom stereocenters. The predicted molar refractivity (Wildman–Crippen MR) is 80.4 cm³/mol. The summed E-state index contributed by atoms with van der Waals surface area (Å²) in [6, 6.07) is 7.24. The number of carbonyl (C=O) groups excluding carboxylic acids is 1. The maximum Gasteiger partial charge on any atom is 0.253 e. The lowest BCUT2D eigenvalue weighted by Gasteiger charge is -2.47. The molecule has 1 saturated carbocycles. The number of ether oxygens (including phenoxy) is 1. The summed E-state index contributed by atoms with van der Waals surface area (Å²) in [6.45, 7) is 1.33. The number of likely N-dealkylation sites (tertiary alicyclic amines) is 1. The van der Waals surface area contributed by atoms with Gasteiger partial charge in [0.05, 0.1) is 12.7 Å². The first-order valence-electron chi connectivity index (χ1n) is 7.78. The van der Waals surface area contributed by atoms with Crippen molar-refractivity contribution in [3.8, 4) is 5.75 Å². The Hall–Kier alpha value is -1.55. The van der Waals surface area contributed by atoms with Crippen LogP contribution in [0.15, 0.2) is 24.3 Å². The lowest BCUT2D eigenvalue weighted by Crippen LogP contribution is -2.54.